The molecule has 130 valence electrons. The van der Waals surface area contributed by atoms with Crippen LogP contribution in [0.4, 0.5) is 5.69 Å². The van der Waals surface area contributed by atoms with Crippen LogP contribution in [0, 0.1) is 5.41 Å². The first-order valence-electron chi connectivity index (χ1n) is 7.88. The van der Waals surface area contributed by atoms with Crippen LogP contribution in [0.3, 0.4) is 0 Å². The Labute approximate surface area is 140 Å². The molecule has 2 aliphatic heterocycles. The molecule has 0 spiro atoms. The molecule has 0 radical (unpaired) electrons. The van der Waals surface area contributed by atoms with Crippen LogP contribution in [0.15, 0.2) is 29.2 Å². The Morgan fingerprint density at radius 2 is 1.88 bits per heavy atom. The summed E-state index contributed by atoms with van der Waals surface area (Å²) < 4.78 is 26.6. The van der Waals surface area contributed by atoms with Gasteiger partial charge in [0, 0.05) is 31.7 Å². The fourth-order valence-electron chi connectivity index (χ4n) is 3.17. The topological polar surface area (TPSA) is 95.0 Å². The number of hydrogen-bond acceptors (Lipinski definition) is 4. The van der Waals surface area contributed by atoms with Gasteiger partial charge in [0.05, 0.1) is 10.3 Å². The number of carboxylic acids is 1. The van der Waals surface area contributed by atoms with Gasteiger partial charge in [-0.3, -0.25) is 9.59 Å². The average Bonchev–Trinajstić information content (AvgIpc) is 3.15. The third-order valence-corrected chi connectivity index (χ3v) is 6.67. The highest BCUT2D eigenvalue weighted by atomic mass is 32.2. The van der Waals surface area contributed by atoms with Crippen molar-refractivity contribution in [2.45, 2.75) is 31.1 Å². The van der Waals surface area contributed by atoms with Crippen LogP contribution in [-0.2, 0) is 19.6 Å². The number of benzene rings is 1. The molecule has 0 aliphatic carbocycles. The van der Waals surface area contributed by atoms with E-state index < -0.39 is 21.4 Å². The third kappa shape index (κ3) is 2.80. The lowest BCUT2D eigenvalue weighted by Crippen LogP contribution is -2.34. The highest BCUT2D eigenvalue weighted by Crippen LogP contribution is 2.34. The molecule has 0 saturated carbocycles. The number of carboxylic acid groups (broad SMARTS) is 1. The molecule has 1 atom stereocenters. The number of carbonyl (C=O) groups is 2. The van der Waals surface area contributed by atoms with E-state index in [4.69, 9.17) is 0 Å². The predicted molar refractivity (Wildman–Crippen MR) is 87.1 cm³/mol. The van der Waals surface area contributed by atoms with Crippen molar-refractivity contribution in [1.29, 1.82) is 0 Å². The van der Waals surface area contributed by atoms with Crippen molar-refractivity contribution >= 4 is 27.6 Å². The molecule has 2 fully saturated rings. The number of rotatable bonds is 4. The van der Waals surface area contributed by atoms with Gasteiger partial charge in [0.15, 0.2) is 0 Å². The summed E-state index contributed by atoms with van der Waals surface area (Å²) in [4.78, 5) is 24.8. The number of hydrogen-bond donors (Lipinski definition) is 1. The first-order valence-corrected chi connectivity index (χ1v) is 9.32. The minimum atomic E-state index is -3.73. The molecule has 0 bridgehead atoms. The molecule has 2 saturated heterocycles. The van der Waals surface area contributed by atoms with E-state index in [-0.39, 0.29) is 23.9 Å². The Balaban J connectivity index is 1.81. The highest BCUT2D eigenvalue weighted by Gasteiger charge is 2.44. The Morgan fingerprint density at radius 3 is 2.38 bits per heavy atom. The van der Waals surface area contributed by atoms with Crippen LogP contribution in [0.5, 0.6) is 0 Å². The SMILES string of the molecule is CC1(C(=O)O)CCN(S(=O)(=O)c2ccc(N3CCCC3=O)cc2)C1. The number of carbonyl (C=O) groups excluding carboxylic acids is 1. The first kappa shape index (κ1) is 16.9. The number of sulfonamides is 1. The van der Waals surface area contributed by atoms with Crippen molar-refractivity contribution in [3.63, 3.8) is 0 Å². The van der Waals surface area contributed by atoms with Crippen molar-refractivity contribution < 1.29 is 23.1 Å². The van der Waals surface area contributed by atoms with Gasteiger partial charge in [0.25, 0.3) is 0 Å². The fourth-order valence-corrected chi connectivity index (χ4v) is 4.73. The van der Waals surface area contributed by atoms with Gasteiger partial charge >= 0.3 is 5.97 Å². The van der Waals surface area contributed by atoms with Crippen LogP contribution in [0.1, 0.15) is 26.2 Å². The lowest BCUT2D eigenvalue weighted by Gasteiger charge is -2.21. The van der Waals surface area contributed by atoms with E-state index in [9.17, 15) is 23.1 Å². The maximum absolute atomic E-state index is 12.7. The summed E-state index contributed by atoms with van der Waals surface area (Å²) >= 11 is 0. The molecule has 1 aromatic carbocycles. The Morgan fingerprint density at radius 1 is 1.21 bits per heavy atom. The van der Waals surface area contributed by atoms with Gasteiger partial charge in [-0.05, 0) is 44.0 Å². The molecule has 24 heavy (non-hydrogen) atoms. The molecular formula is C16H20N2O5S. The minimum absolute atomic E-state index is 0.0307. The molecule has 0 aromatic heterocycles. The van der Waals surface area contributed by atoms with E-state index in [2.05, 4.69) is 0 Å². The second kappa shape index (κ2) is 5.86. The van der Waals surface area contributed by atoms with Crippen molar-refractivity contribution in [2.75, 3.05) is 24.5 Å². The summed E-state index contributed by atoms with van der Waals surface area (Å²) in [6.45, 7) is 2.37. The standard InChI is InChI=1S/C16H20N2O5S/c1-16(15(20)21)8-10-17(11-16)24(22,23)13-6-4-12(5-7-13)18-9-2-3-14(18)19/h4-7H,2-3,8-11H2,1H3,(H,20,21). The Bertz CT molecular complexity index is 774. The number of nitrogens with zero attached hydrogens (tertiary/aromatic N) is 2. The van der Waals surface area contributed by atoms with Gasteiger partial charge in [-0.2, -0.15) is 4.31 Å². The van der Waals surface area contributed by atoms with E-state index in [1.165, 1.54) is 16.4 Å². The first-order chi connectivity index (χ1) is 11.2. The fraction of sp³-hybridized carbons (Fsp3) is 0.500. The number of aliphatic carboxylic acids is 1. The molecule has 1 aromatic rings. The molecule has 2 aliphatic rings. The van der Waals surface area contributed by atoms with Crippen LogP contribution >= 0.6 is 0 Å². The summed E-state index contributed by atoms with van der Waals surface area (Å²) in [5.74, 6) is -0.939. The van der Waals surface area contributed by atoms with Gasteiger partial charge in [0.2, 0.25) is 15.9 Å². The van der Waals surface area contributed by atoms with Crippen LogP contribution < -0.4 is 4.90 Å². The largest absolute Gasteiger partial charge is 0.481 e. The van der Waals surface area contributed by atoms with Gasteiger partial charge in [0.1, 0.15) is 0 Å². The lowest BCUT2D eigenvalue weighted by atomic mass is 9.90. The molecule has 3 rings (SSSR count). The van der Waals surface area contributed by atoms with Gasteiger partial charge < -0.3 is 10.0 Å². The zero-order chi connectivity index (χ0) is 17.5. The third-order valence-electron chi connectivity index (χ3n) is 4.81. The Hall–Kier alpha value is -1.93. The highest BCUT2D eigenvalue weighted by molar-refractivity contribution is 7.89. The quantitative estimate of drug-likeness (QED) is 0.881. The van der Waals surface area contributed by atoms with E-state index in [0.717, 1.165) is 6.42 Å². The molecule has 8 heteroatoms. The van der Waals surface area contributed by atoms with Gasteiger partial charge in [-0.15, -0.1) is 0 Å². The normalized spacial score (nSPS) is 25.4. The van der Waals surface area contributed by atoms with Crippen LogP contribution in [0.25, 0.3) is 0 Å². The Kier molecular flexibility index (Phi) is 4.13. The molecule has 1 unspecified atom stereocenters. The molecule has 1 N–H and O–H groups in total. The van der Waals surface area contributed by atoms with Crippen molar-refractivity contribution in [2.24, 2.45) is 5.41 Å². The number of amides is 1. The predicted octanol–water partition coefficient (Wildman–Crippen LogP) is 1.30. The second-order valence-electron chi connectivity index (χ2n) is 6.60. The maximum atomic E-state index is 12.7. The van der Waals surface area contributed by atoms with Crippen LogP contribution in [-0.4, -0.2) is 49.3 Å². The van der Waals surface area contributed by atoms with E-state index in [1.807, 2.05) is 0 Å². The van der Waals surface area contributed by atoms with E-state index in [1.54, 1.807) is 24.0 Å². The van der Waals surface area contributed by atoms with E-state index >= 15 is 0 Å². The summed E-state index contributed by atoms with van der Waals surface area (Å²) in [6.07, 6.45) is 1.62. The van der Waals surface area contributed by atoms with Crippen molar-refractivity contribution in [1.82, 2.24) is 4.31 Å². The molecule has 2 heterocycles. The average molecular weight is 352 g/mol. The smallest absolute Gasteiger partial charge is 0.310 e. The van der Waals surface area contributed by atoms with Crippen molar-refractivity contribution in [3.8, 4) is 0 Å². The second-order valence-corrected chi connectivity index (χ2v) is 8.54. The lowest BCUT2D eigenvalue weighted by molar-refractivity contribution is -0.146. The summed E-state index contributed by atoms with van der Waals surface area (Å²) in [5, 5.41) is 9.25. The zero-order valence-corrected chi connectivity index (χ0v) is 14.3. The molecule has 1 amide bonds. The summed E-state index contributed by atoms with van der Waals surface area (Å²) in [7, 11) is -3.73. The van der Waals surface area contributed by atoms with Gasteiger partial charge in [-0.1, -0.05) is 0 Å². The number of anilines is 1. The van der Waals surface area contributed by atoms with E-state index in [0.29, 0.717) is 25.1 Å². The summed E-state index contributed by atoms with van der Waals surface area (Å²) in [5.41, 5.74) is -0.358. The van der Waals surface area contributed by atoms with Crippen LogP contribution in [0.2, 0.25) is 0 Å². The summed E-state index contributed by atoms with van der Waals surface area (Å²) in [6, 6.07) is 6.21. The van der Waals surface area contributed by atoms with Crippen molar-refractivity contribution in [3.05, 3.63) is 24.3 Å². The molecular weight excluding hydrogens is 332 g/mol. The maximum Gasteiger partial charge on any atom is 0.310 e. The molecule has 7 nitrogen and oxygen atoms in total. The zero-order valence-electron chi connectivity index (χ0n) is 13.4. The minimum Gasteiger partial charge on any atom is -0.481 e. The monoisotopic (exact) mass is 352 g/mol. The van der Waals surface area contributed by atoms with Gasteiger partial charge in [-0.25, -0.2) is 8.42 Å².